The maximum absolute atomic E-state index is 12.6. The Balaban J connectivity index is 2.29. The summed E-state index contributed by atoms with van der Waals surface area (Å²) >= 11 is 0. The monoisotopic (exact) mass is 374 g/mol. The second-order valence-corrected chi connectivity index (χ2v) is 9.02. The molecule has 2 rings (SSSR count). The zero-order valence-corrected chi connectivity index (χ0v) is 16.7. The molecule has 0 saturated heterocycles. The van der Waals surface area contributed by atoms with E-state index in [4.69, 9.17) is 0 Å². The van der Waals surface area contributed by atoms with Crippen LogP contribution in [0.4, 0.5) is 5.69 Å². The van der Waals surface area contributed by atoms with Gasteiger partial charge < -0.3 is 5.32 Å². The molecular formula is C20H26N2O3S. The molecule has 2 N–H and O–H groups in total. The summed E-state index contributed by atoms with van der Waals surface area (Å²) in [7, 11) is -3.70. The molecule has 2 aromatic rings. The van der Waals surface area contributed by atoms with E-state index in [1.54, 1.807) is 33.8 Å². The highest BCUT2D eigenvalue weighted by Crippen LogP contribution is 2.19. The van der Waals surface area contributed by atoms with Crippen molar-refractivity contribution in [3.05, 3.63) is 59.2 Å². The van der Waals surface area contributed by atoms with Crippen molar-refractivity contribution in [3.63, 3.8) is 0 Å². The molecular weight excluding hydrogens is 348 g/mol. The van der Waals surface area contributed by atoms with Gasteiger partial charge in [0.25, 0.3) is 5.91 Å². The van der Waals surface area contributed by atoms with Gasteiger partial charge in [-0.05, 0) is 69.5 Å². The molecule has 2 aromatic carbocycles. The van der Waals surface area contributed by atoms with E-state index >= 15 is 0 Å². The number of aryl methyl sites for hydroxylation is 2. The molecule has 6 heteroatoms. The van der Waals surface area contributed by atoms with Gasteiger partial charge >= 0.3 is 0 Å². The van der Waals surface area contributed by atoms with E-state index < -0.39 is 15.6 Å². The number of benzene rings is 2. The lowest BCUT2D eigenvalue weighted by atomic mass is 10.1. The van der Waals surface area contributed by atoms with E-state index in [1.165, 1.54) is 17.7 Å². The van der Waals surface area contributed by atoms with Gasteiger partial charge in [0.15, 0.2) is 0 Å². The fourth-order valence-corrected chi connectivity index (χ4v) is 3.94. The fraction of sp³-hybridized carbons (Fsp3) is 0.350. The summed E-state index contributed by atoms with van der Waals surface area (Å²) in [5.74, 6) is -0.334. The van der Waals surface area contributed by atoms with Crippen molar-refractivity contribution in [2.75, 3.05) is 5.32 Å². The highest BCUT2D eigenvalue weighted by molar-refractivity contribution is 7.89. The second kappa shape index (κ2) is 7.60. The molecule has 0 aromatic heterocycles. The molecule has 0 aliphatic heterocycles. The van der Waals surface area contributed by atoms with E-state index in [-0.39, 0.29) is 10.8 Å². The summed E-state index contributed by atoms with van der Waals surface area (Å²) in [6, 6.07) is 12.2. The Morgan fingerprint density at radius 2 is 1.65 bits per heavy atom. The van der Waals surface area contributed by atoms with Gasteiger partial charge in [-0.3, -0.25) is 4.79 Å². The van der Waals surface area contributed by atoms with Crippen LogP contribution in [0.25, 0.3) is 0 Å². The smallest absolute Gasteiger partial charge is 0.255 e. The van der Waals surface area contributed by atoms with Crippen molar-refractivity contribution >= 4 is 21.6 Å². The van der Waals surface area contributed by atoms with Crippen molar-refractivity contribution in [1.29, 1.82) is 0 Å². The van der Waals surface area contributed by atoms with E-state index in [0.717, 1.165) is 6.42 Å². The molecule has 0 unspecified atom stereocenters. The summed E-state index contributed by atoms with van der Waals surface area (Å²) < 4.78 is 27.6. The predicted molar refractivity (Wildman–Crippen MR) is 105 cm³/mol. The average Bonchev–Trinajstić information content (AvgIpc) is 2.53. The number of carbonyl (C=O) groups is 1. The zero-order chi connectivity index (χ0) is 19.5. The summed E-state index contributed by atoms with van der Waals surface area (Å²) in [5.41, 5.74) is 2.30. The van der Waals surface area contributed by atoms with E-state index in [0.29, 0.717) is 16.8 Å². The highest BCUT2D eigenvalue weighted by Gasteiger charge is 2.23. The van der Waals surface area contributed by atoms with Gasteiger partial charge in [0.2, 0.25) is 10.0 Å². The van der Waals surface area contributed by atoms with Gasteiger partial charge in [-0.25, -0.2) is 13.1 Å². The number of sulfonamides is 1. The lowest BCUT2D eigenvalue weighted by Crippen LogP contribution is -2.40. The molecule has 0 heterocycles. The summed E-state index contributed by atoms with van der Waals surface area (Å²) in [6.07, 6.45) is 0.925. The lowest BCUT2D eigenvalue weighted by molar-refractivity contribution is 0.102. The number of amides is 1. The molecule has 0 spiro atoms. The number of rotatable bonds is 5. The van der Waals surface area contributed by atoms with E-state index in [9.17, 15) is 13.2 Å². The number of carbonyl (C=O) groups excluding carboxylic acids is 1. The Hall–Kier alpha value is -2.18. The Kier molecular flexibility index (Phi) is 5.88. The Morgan fingerprint density at radius 1 is 1.04 bits per heavy atom. The van der Waals surface area contributed by atoms with Gasteiger partial charge in [-0.15, -0.1) is 0 Å². The predicted octanol–water partition coefficient (Wildman–Crippen LogP) is 3.89. The third-order valence-corrected chi connectivity index (χ3v) is 5.58. The zero-order valence-electron chi connectivity index (χ0n) is 15.9. The van der Waals surface area contributed by atoms with Gasteiger partial charge in [-0.1, -0.05) is 25.1 Å². The standard InChI is InChI=1S/C20H26N2O3S/c1-6-15-8-10-16(11-9-15)21-19(23)18-13-17(12-7-14(18)2)26(24,25)22-20(3,4)5/h7-13,22H,6H2,1-5H3,(H,21,23). The summed E-state index contributed by atoms with van der Waals surface area (Å²) in [6.45, 7) is 9.15. The van der Waals surface area contributed by atoms with E-state index in [1.807, 2.05) is 24.3 Å². The Bertz CT molecular complexity index is 896. The number of hydrogen-bond acceptors (Lipinski definition) is 3. The fourth-order valence-electron chi connectivity index (χ4n) is 2.50. The van der Waals surface area contributed by atoms with Gasteiger partial charge in [0, 0.05) is 16.8 Å². The lowest BCUT2D eigenvalue weighted by Gasteiger charge is -2.20. The molecule has 0 aliphatic rings. The first-order valence-corrected chi connectivity index (χ1v) is 10.0. The Labute approximate surface area is 155 Å². The number of nitrogens with one attached hydrogen (secondary N) is 2. The van der Waals surface area contributed by atoms with Crippen molar-refractivity contribution in [3.8, 4) is 0 Å². The van der Waals surface area contributed by atoms with Crippen molar-refractivity contribution in [1.82, 2.24) is 4.72 Å². The van der Waals surface area contributed by atoms with Crippen LogP contribution in [-0.4, -0.2) is 19.9 Å². The number of hydrogen-bond donors (Lipinski definition) is 2. The molecule has 0 fully saturated rings. The molecule has 0 saturated carbocycles. The van der Waals surface area contributed by atoms with Crippen LogP contribution >= 0.6 is 0 Å². The molecule has 0 aliphatic carbocycles. The topological polar surface area (TPSA) is 75.3 Å². The van der Waals surface area contributed by atoms with Crippen LogP contribution in [0.15, 0.2) is 47.4 Å². The highest BCUT2D eigenvalue weighted by atomic mass is 32.2. The first-order valence-electron chi connectivity index (χ1n) is 8.57. The quantitative estimate of drug-likeness (QED) is 0.834. The average molecular weight is 375 g/mol. The van der Waals surface area contributed by atoms with Crippen LogP contribution in [0.1, 0.15) is 49.2 Å². The molecule has 0 bridgehead atoms. The van der Waals surface area contributed by atoms with Crippen molar-refractivity contribution in [2.45, 2.75) is 51.5 Å². The molecule has 26 heavy (non-hydrogen) atoms. The SMILES string of the molecule is CCc1ccc(NC(=O)c2cc(S(=O)(=O)NC(C)(C)C)ccc2C)cc1. The normalized spacial score (nSPS) is 12.0. The summed E-state index contributed by atoms with van der Waals surface area (Å²) in [5, 5.41) is 2.82. The molecule has 140 valence electrons. The maximum Gasteiger partial charge on any atom is 0.255 e. The second-order valence-electron chi connectivity index (χ2n) is 7.34. The third kappa shape index (κ3) is 5.16. The van der Waals surface area contributed by atoms with Crippen LogP contribution in [0.5, 0.6) is 0 Å². The van der Waals surface area contributed by atoms with Crippen LogP contribution in [0, 0.1) is 6.92 Å². The Morgan fingerprint density at radius 3 is 2.19 bits per heavy atom. The minimum absolute atomic E-state index is 0.0736. The van der Waals surface area contributed by atoms with Gasteiger partial charge in [0.05, 0.1) is 4.90 Å². The maximum atomic E-state index is 12.6. The van der Waals surface area contributed by atoms with Crippen LogP contribution in [0.3, 0.4) is 0 Å². The molecule has 0 atom stereocenters. The van der Waals surface area contributed by atoms with Crippen LogP contribution in [-0.2, 0) is 16.4 Å². The van der Waals surface area contributed by atoms with E-state index in [2.05, 4.69) is 17.0 Å². The minimum Gasteiger partial charge on any atom is -0.322 e. The van der Waals surface area contributed by atoms with Gasteiger partial charge in [-0.2, -0.15) is 0 Å². The van der Waals surface area contributed by atoms with Crippen molar-refractivity contribution in [2.24, 2.45) is 0 Å². The van der Waals surface area contributed by atoms with Crippen LogP contribution < -0.4 is 10.0 Å². The number of anilines is 1. The minimum atomic E-state index is -3.70. The molecule has 0 radical (unpaired) electrons. The first kappa shape index (κ1) is 20.1. The summed E-state index contributed by atoms with van der Waals surface area (Å²) in [4.78, 5) is 12.7. The molecule has 5 nitrogen and oxygen atoms in total. The molecule has 1 amide bonds. The van der Waals surface area contributed by atoms with Gasteiger partial charge in [0.1, 0.15) is 0 Å². The first-order chi connectivity index (χ1) is 12.0. The van der Waals surface area contributed by atoms with Crippen LogP contribution in [0.2, 0.25) is 0 Å². The third-order valence-electron chi connectivity index (χ3n) is 3.82. The van der Waals surface area contributed by atoms with Crippen molar-refractivity contribution < 1.29 is 13.2 Å². The largest absolute Gasteiger partial charge is 0.322 e.